The van der Waals surface area contributed by atoms with E-state index in [-0.39, 0.29) is 5.56 Å². The molecule has 0 aliphatic rings. The predicted octanol–water partition coefficient (Wildman–Crippen LogP) is 1.76. The SMILES string of the molecule is CC.CC.NCc1c[nH]c2c(=O)[nH]cnc12. The molecule has 0 aliphatic heterocycles. The van der Waals surface area contributed by atoms with Gasteiger partial charge < -0.3 is 15.7 Å². The molecule has 16 heavy (non-hydrogen) atoms. The summed E-state index contributed by atoms with van der Waals surface area (Å²) in [6.07, 6.45) is 3.07. The Bertz CT molecular complexity index is 458. The van der Waals surface area contributed by atoms with E-state index in [1.54, 1.807) is 6.20 Å². The lowest BCUT2D eigenvalue weighted by atomic mass is 10.3. The molecule has 0 bridgehead atoms. The second-order valence-corrected chi connectivity index (χ2v) is 2.47. The van der Waals surface area contributed by atoms with Crippen molar-refractivity contribution < 1.29 is 0 Å². The number of nitrogens with two attached hydrogens (primary N) is 1. The molecule has 0 aliphatic carbocycles. The minimum atomic E-state index is -0.167. The minimum absolute atomic E-state index is 0.167. The molecular formula is C11H20N4O. The lowest BCUT2D eigenvalue weighted by Crippen LogP contribution is -2.06. The first-order valence-corrected chi connectivity index (χ1v) is 5.56. The number of nitrogens with one attached hydrogen (secondary N) is 2. The highest BCUT2D eigenvalue weighted by molar-refractivity contribution is 5.77. The van der Waals surface area contributed by atoms with Crippen molar-refractivity contribution in [2.75, 3.05) is 0 Å². The van der Waals surface area contributed by atoms with Crippen LogP contribution in [0, 0.1) is 0 Å². The van der Waals surface area contributed by atoms with E-state index in [1.165, 1.54) is 6.33 Å². The number of fused-ring (bicyclic) bond motifs is 1. The van der Waals surface area contributed by atoms with Crippen LogP contribution in [0.25, 0.3) is 11.0 Å². The van der Waals surface area contributed by atoms with Crippen LogP contribution in [0.5, 0.6) is 0 Å². The average Bonchev–Trinajstić information content (AvgIpc) is 2.79. The second-order valence-electron chi connectivity index (χ2n) is 2.47. The molecule has 2 rings (SSSR count). The van der Waals surface area contributed by atoms with Crippen LogP contribution in [0.2, 0.25) is 0 Å². The maximum Gasteiger partial charge on any atom is 0.275 e. The maximum atomic E-state index is 11.1. The Labute approximate surface area is 95.1 Å². The smallest absolute Gasteiger partial charge is 0.275 e. The first-order chi connectivity index (χ1) is 7.83. The van der Waals surface area contributed by atoms with Crippen molar-refractivity contribution in [2.24, 2.45) is 5.73 Å². The molecule has 2 aromatic heterocycles. The van der Waals surface area contributed by atoms with Crippen molar-refractivity contribution in [1.82, 2.24) is 15.0 Å². The number of H-pyrrole nitrogens is 2. The molecule has 0 saturated heterocycles. The quantitative estimate of drug-likeness (QED) is 0.689. The lowest BCUT2D eigenvalue weighted by molar-refractivity contribution is 1.07. The van der Waals surface area contributed by atoms with Gasteiger partial charge in [-0.2, -0.15) is 0 Å². The summed E-state index contributed by atoms with van der Waals surface area (Å²) in [6, 6.07) is 0. The van der Waals surface area contributed by atoms with Crippen LogP contribution in [0.4, 0.5) is 0 Å². The number of hydrogen-bond acceptors (Lipinski definition) is 3. The molecule has 5 nitrogen and oxygen atoms in total. The summed E-state index contributed by atoms with van der Waals surface area (Å²) in [4.78, 5) is 20.4. The van der Waals surface area contributed by atoms with E-state index in [4.69, 9.17) is 5.73 Å². The summed E-state index contributed by atoms with van der Waals surface area (Å²) in [7, 11) is 0. The number of rotatable bonds is 1. The molecular weight excluding hydrogens is 204 g/mol. The molecule has 0 saturated carbocycles. The van der Waals surface area contributed by atoms with Gasteiger partial charge in [0.2, 0.25) is 0 Å². The zero-order chi connectivity index (χ0) is 12.6. The Kier molecular flexibility index (Phi) is 6.87. The molecule has 5 heteroatoms. The number of hydrogen-bond donors (Lipinski definition) is 3. The van der Waals surface area contributed by atoms with Gasteiger partial charge in [-0.25, -0.2) is 4.98 Å². The van der Waals surface area contributed by atoms with Crippen LogP contribution in [-0.2, 0) is 6.54 Å². The van der Waals surface area contributed by atoms with E-state index < -0.39 is 0 Å². The lowest BCUT2D eigenvalue weighted by Gasteiger charge is -1.89. The van der Waals surface area contributed by atoms with E-state index in [2.05, 4.69) is 15.0 Å². The Morgan fingerprint density at radius 1 is 1.25 bits per heavy atom. The van der Waals surface area contributed by atoms with Crippen molar-refractivity contribution in [1.29, 1.82) is 0 Å². The zero-order valence-corrected chi connectivity index (χ0v) is 10.3. The zero-order valence-electron chi connectivity index (χ0n) is 10.3. The second kappa shape index (κ2) is 7.64. The monoisotopic (exact) mass is 224 g/mol. The highest BCUT2D eigenvalue weighted by Crippen LogP contribution is 2.09. The van der Waals surface area contributed by atoms with Gasteiger partial charge in [0.25, 0.3) is 5.56 Å². The van der Waals surface area contributed by atoms with Crippen LogP contribution in [-0.4, -0.2) is 15.0 Å². The molecule has 90 valence electrons. The van der Waals surface area contributed by atoms with Crippen molar-refractivity contribution in [3.63, 3.8) is 0 Å². The molecule has 0 amide bonds. The van der Waals surface area contributed by atoms with E-state index in [0.717, 1.165) is 5.56 Å². The van der Waals surface area contributed by atoms with Gasteiger partial charge >= 0.3 is 0 Å². The fourth-order valence-electron chi connectivity index (χ4n) is 1.16. The topological polar surface area (TPSA) is 87.6 Å². The standard InChI is InChI=1S/C7H8N4O.2C2H6/c8-1-4-2-9-6-5(4)10-3-11-7(6)12;2*1-2/h2-3,9H,1,8H2,(H,10,11,12);2*1-2H3. The highest BCUT2D eigenvalue weighted by atomic mass is 16.1. The Morgan fingerprint density at radius 2 is 1.88 bits per heavy atom. The summed E-state index contributed by atoms with van der Waals surface area (Å²) in [5.74, 6) is 0. The Balaban J connectivity index is 0.000000509. The summed E-state index contributed by atoms with van der Waals surface area (Å²) in [6.45, 7) is 8.39. The molecule has 2 aromatic rings. The van der Waals surface area contributed by atoms with Gasteiger partial charge in [-0.05, 0) is 0 Å². The fourth-order valence-corrected chi connectivity index (χ4v) is 1.16. The minimum Gasteiger partial charge on any atom is -0.355 e. The van der Waals surface area contributed by atoms with E-state index in [1.807, 2.05) is 27.7 Å². The van der Waals surface area contributed by atoms with Crippen molar-refractivity contribution in [3.8, 4) is 0 Å². The van der Waals surface area contributed by atoms with Gasteiger partial charge in [-0.3, -0.25) is 4.79 Å². The molecule has 2 heterocycles. The molecule has 0 aromatic carbocycles. The Morgan fingerprint density at radius 3 is 2.44 bits per heavy atom. The summed E-state index contributed by atoms with van der Waals surface area (Å²) >= 11 is 0. The maximum absolute atomic E-state index is 11.1. The third-order valence-electron chi connectivity index (χ3n) is 1.77. The predicted molar refractivity (Wildman–Crippen MR) is 67.3 cm³/mol. The largest absolute Gasteiger partial charge is 0.355 e. The number of nitrogens with zero attached hydrogens (tertiary/aromatic N) is 1. The molecule has 0 fully saturated rings. The van der Waals surface area contributed by atoms with Crippen LogP contribution in [0.3, 0.4) is 0 Å². The van der Waals surface area contributed by atoms with Gasteiger partial charge in [0.15, 0.2) is 0 Å². The first kappa shape index (κ1) is 14.4. The fraction of sp³-hybridized carbons (Fsp3) is 0.455. The van der Waals surface area contributed by atoms with E-state index in [9.17, 15) is 4.79 Å². The Hall–Kier alpha value is -1.62. The van der Waals surface area contributed by atoms with Crippen LogP contribution in [0.1, 0.15) is 33.3 Å². The molecule has 0 radical (unpaired) electrons. The highest BCUT2D eigenvalue weighted by Gasteiger charge is 2.04. The molecule has 0 atom stereocenters. The molecule has 0 spiro atoms. The van der Waals surface area contributed by atoms with Crippen LogP contribution in [0.15, 0.2) is 17.3 Å². The third kappa shape index (κ3) is 2.93. The summed E-state index contributed by atoms with van der Waals surface area (Å²) in [5, 5.41) is 0. The van der Waals surface area contributed by atoms with Gasteiger partial charge in [0.1, 0.15) is 5.52 Å². The summed E-state index contributed by atoms with van der Waals surface area (Å²) < 4.78 is 0. The van der Waals surface area contributed by atoms with E-state index in [0.29, 0.717) is 17.6 Å². The normalized spacial score (nSPS) is 8.81. The van der Waals surface area contributed by atoms with Gasteiger partial charge in [-0.1, -0.05) is 27.7 Å². The van der Waals surface area contributed by atoms with E-state index >= 15 is 0 Å². The molecule has 4 N–H and O–H groups in total. The third-order valence-corrected chi connectivity index (χ3v) is 1.77. The number of aromatic amines is 2. The van der Waals surface area contributed by atoms with Gasteiger partial charge in [0, 0.05) is 18.3 Å². The van der Waals surface area contributed by atoms with Crippen LogP contribution >= 0.6 is 0 Å². The van der Waals surface area contributed by atoms with Gasteiger partial charge in [0.05, 0.1) is 11.8 Å². The van der Waals surface area contributed by atoms with Crippen molar-refractivity contribution in [2.45, 2.75) is 34.2 Å². The summed E-state index contributed by atoms with van der Waals surface area (Å²) in [5.41, 5.74) is 7.27. The molecule has 0 unspecified atom stereocenters. The first-order valence-electron chi connectivity index (χ1n) is 5.56. The number of aromatic nitrogens is 3. The van der Waals surface area contributed by atoms with Crippen LogP contribution < -0.4 is 11.3 Å². The van der Waals surface area contributed by atoms with Crippen molar-refractivity contribution in [3.05, 3.63) is 28.4 Å². The van der Waals surface area contributed by atoms with Gasteiger partial charge in [-0.15, -0.1) is 0 Å². The van der Waals surface area contributed by atoms with Crippen molar-refractivity contribution >= 4 is 11.0 Å². The average molecular weight is 224 g/mol.